The molecule has 1 N–H and O–H groups in total. The molecule has 0 saturated heterocycles. The first-order valence-corrected chi connectivity index (χ1v) is 8.99. The molecular formula is C18H30N4O2. The highest BCUT2D eigenvalue weighted by Gasteiger charge is 2.34. The molecule has 24 heavy (non-hydrogen) atoms. The molecule has 134 valence electrons. The van der Waals surface area contributed by atoms with Gasteiger partial charge < -0.3 is 19.7 Å². The second-order valence-electron chi connectivity index (χ2n) is 6.47. The number of aryl methyl sites for hydroxylation is 1. The summed E-state index contributed by atoms with van der Waals surface area (Å²) in [6.45, 7) is 5.95. The van der Waals surface area contributed by atoms with Crippen molar-refractivity contribution in [2.45, 2.75) is 52.1 Å². The van der Waals surface area contributed by atoms with Crippen LogP contribution in [0.5, 0.6) is 0 Å². The Morgan fingerprint density at radius 2 is 2.08 bits per heavy atom. The van der Waals surface area contributed by atoms with Gasteiger partial charge in [0.05, 0.1) is 6.54 Å². The molecule has 6 nitrogen and oxygen atoms in total. The monoisotopic (exact) mass is 334 g/mol. The molecule has 1 fully saturated rings. The molecule has 1 aliphatic rings. The van der Waals surface area contributed by atoms with Crippen molar-refractivity contribution >= 4 is 11.9 Å². The lowest BCUT2D eigenvalue weighted by Crippen LogP contribution is -2.47. The SMILES string of the molecule is CCCCN(CC(=O)N(Cc1cccn1C)C1CC1)C(=O)NCC. The average Bonchev–Trinajstić information content (AvgIpc) is 3.32. The summed E-state index contributed by atoms with van der Waals surface area (Å²) < 4.78 is 2.04. The highest BCUT2D eigenvalue weighted by atomic mass is 16.2. The molecule has 0 unspecified atom stereocenters. The van der Waals surface area contributed by atoms with Gasteiger partial charge in [-0.25, -0.2) is 4.79 Å². The van der Waals surface area contributed by atoms with Crippen molar-refractivity contribution in [2.75, 3.05) is 19.6 Å². The van der Waals surface area contributed by atoms with Crippen LogP contribution in [0.15, 0.2) is 18.3 Å². The van der Waals surface area contributed by atoms with Crippen LogP contribution < -0.4 is 5.32 Å². The summed E-state index contributed by atoms with van der Waals surface area (Å²) >= 11 is 0. The number of amides is 3. The van der Waals surface area contributed by atoms with Crippen molar-refractivity contribution in [1.82, 2.24) is 19.7 Å². The second-order valence-corrected chi connectivity index (χ2v) is 6.47. The molecule has 0 aliphatic heterocycles. The number of rotatable bonds is 9. The molecule has 2 rings (SSSR count). The topological polar surface area (TPSA) is 57.6 Å². The Morgan fingerprint density at radius 1 is 1.33 bits per heavy atom. The fourth-order valence-corrected chi connectivity index (χ4v) is 2.76. The summed E-state index contributed by atoms with van der Waals surface area (Å²) in [6, 6.07) is 4.22. The number of nitrogens with one attached hydrogen (secondary N) is 1. The predicted octanol–water partition coefficient (Wildman–Crippen LogP) is 2.35. The van der Waals surface area contributed by atoms with Crippen molar-refractivity contribution in [3.05, 3.63) is 24.0 Å². The fraction of sp³-hybridized carbons (Fsp3) is 0.667. The molecule has 3 amide bonds. The molecule has 1 aromatic rings. The highest BCUT2D eigenvalue weighted by Crippen LogP contribution is 2.28. The zero-order valence-electron chi connectivity index (χ0n) is 15.1. The average molecular weight is 334 g/mol. The van der Waals surface area contributed by atoms with E-state index in [0.717, 1.165) is 31.4 Å². The number of nitrogens with zero attached hydrogens (tertiary/aromatic N) is 3. The van der Waals surface area contributed by atoms with Crippen molar-refractivity contribution in [3.63, 3.8) is 0 Å². The third kappa shape index (κ3) is 5.01. The largest absolute Gasteiger partial charge is 0.353 e. The molecule has 1 heterocycles. The standard InChI is InChI=1S/C18H30N4O2/c1-4-6-12-21(18(24)19-5-2)14-17(23)22(15-9-10-15)13-16-8-7-11-20(16)3/h7-8,11,15H,4-6,9-10,12-14H2,1-3H3,(H,19,24). The Labute approximate surface area is 144 Å². The molecule has 0 radical (unpaired) electrons. The van der Waals surface area contributed by atoms with Gasteiger partial charge in [-0.05, 0) is 38.3 Å². The quantitative estimate of drug-likeness (QED) is 0.753. The number of hydrogen-bond acceptors (Lipinski definition) is 2. The fourth-order valence-electron chi connectivity index (χ4n) is 2.76. The molecule has 0 spiro atoms. The summed E-state index contributed by atoms with van der Waals surface area (Å²) in [5.74, 6) is 0.0426. The maximum atomic E-state index is 12.8. The molecule has 6 heteroatoms. The molecule has 0 aromatic carbocycles. The number of carbonyl (C=O) groups is 2. The van der Waals surface area contributed by atoms with Crippen LogP contribution in [0.25, 0.3) is 0 Å². The minimum absolute atomic E-state index is 0.0426. The van der Waals surface area contributed by atoms with Gasteiger partial charge in [-0.15, -0.1) is 0 Å². The van der Waals surface area contributed by atoms with Gasteiger partial charge in [0, 0.05) is 38.1 Å². The Balaban J connectivity index is 2.01. The maximum absolute atomic E-state index is 12.8. The summed E-state index contributed by atoms with van der Waals surface area (Å²) in [5.41, 5.74) is 1.12. The first-order valence-electron chi connectivity index (χ1n) is 8.99. The Kier molecular flexibility index (Phi) is 6.70. The highest BCUT2D eigenvalue weighted by molar-refractivity contribution is 5.84. The van der Waals surface area contributed by atoms with E-state index in [-0.39, 0.29) is 18.5 Å². The van der Waals surface area contributed by atoms with E-state index in [1.807, 2.05) is 41.8 Å². The molecule has 0 bridgehead atoms. The molecular weight excluding hydrogens is 304 g/mol. The number of aromatic nitrogens is 1. The van der Waals surface area contributed by atoms with Gasteiger partial charge in [-0.2, -0.15) is 0 Å². The van der Waals surface area contributed by atoms with E-state index in [4.69, 9.17) is 0 Å². The van der Waals surface area contributed by atoms with Crippen molar-refractivity contribution < 1.29 is 9.59 Å². The lowest BCUT2D eigenvalue weighted by atomic mass is 10.3. The van der Waals surface area contributed by atoms with Gasteiger partial charge >= 0.3 is 6.03 Å². The Hall–Kier alpha value is -1.98. The van der Waals surface area contributed by atoms with Crippen molar-refractivity contribution in [3.8, 4) is 0 Å². The van der Waals surface area contributed by atoms with Crippen LogP contribution in [-0.4, -0.2) is 52.0 Å². The number of hydrogen-bond donors (Lipinski definition) is 1. The molecule has 1 aliphatic carbocycles. The van der Waals surface area contributed by atoms with Crippen LogP contribution in [0.3, 0.4) is 0 Å². The maximum Gasteiger partial charge on any atom is 0.317 e. The van der Waals surface area contributed by atoms with Crippen LogP contribution in [0.1, 0.15) is 45.2 Å². The lowest BCUT2D eigenvalue weighted by molar-refractivity contribution is -0.133. The first kappa shape index (κ1) is 18.4. The summed E-state index contributed by atoms with van der Waals surface area (Å²) in [6.07, 6.45) is 6.02. The predicted molar refractivity (Wildman–Crippen MR) is 94.5 cm³/mol. The summed E-state index contributed by atoms with van der Waals surface area (Å²) in [4.78, 5) is 28.6. The van der Waals surface area contributed by atoms with Gasteiger partial charge in [0.15, 0.2) is 0 Å². The minimum atomic E-state index is -0.145. The number of carbonyl (C=O) groups excluding carboxylic acids is 2. The van der Waals surface area contributed by atoms with E-state index in [1.54, 1.807) is 4.90 Å². The Morgan fingerprint density at radius 3 is 2.62 bits per heavy atom. The smallest absolute Gasteiger partial charge is 0.317 e. The lowest BCUT2D eigenvalue weighted by Gasteiger charge is -2.28. The van der Waals surface area contributed by atoms with Gasteiger partial charge in [-0.3, -0.25) is 4.79 Å². The van der Waals surface area contributed by atoms with Crippen LogP contribution in [0, 0.1) is 0 Å². The van der Waals surface area contributed by atoms with E-state index in [1.165, 1.54) is 0 Å². The van der Waals surface area contributed by atoms with E-state index >= 15 is 0 Å². The van der Waals surface area contributed by atoms with E-state index < -0.39 is 0 Å². The third-order valence-corrected chi connectivity index (χ3v) is 4.41. The summed E-state index contributed by atoms with van der Waals surface area (Å²) in [7, 11) is 1.99. The molecule has 0 atom stereocenters. The van der Waals surface area contributed by atoms with Gasteiger partial charge in [-0.1, -0.05) is 13.3 Å². The zero-order valence-corrected chi connectivity index (χ0v) is 15.1. The normalized spacial score (nSPS) is 13.6. The van der Waals surface area contributed by atoms with E-state index in [9.17, 15) is 9.59 Å². The Bertz CT molecular complexity index is 551. The van der Waals surface area contributed by atoms with Crippen LogP contribution in [0.4, 0.5) is 4.79 Å². The first-order chi connectivity index (χ1) is 11.6. The van der Waals surface area contributed by atoms with Gasteiger partial charge in [0.25, 0.3) is 0 Å². The van der Waals surface area contributed by atoms with E-state index in [2.05, 4.69) is 12.2 Å². The molecule has 1 saturated carbocycles. The second kappa shape index (κ2) is 8.76. The summed E-state index contributed by atoms with van der Waals surface area (Å²) in [5, 5.41) is 2.81. The van der Waals surface area contributed by atoms with Crippen LogP contribution >= 0.6 is 0 Å². The minimum Gasteiger partial charge on any atom is -0.353 e. The van der Waals surface area contributed by atoms with Crippen molar-refractivity contribution in [2.24, 2.45) is 7.05 Å². The zero-order chi connectivity index (χ0) is 17.5. The van der Waals surface area contributed by atoms with Crippen LogP contribution in [0.2, 0.25) is 0 Å². The van der Waals surface area contributed by atoms with Gasteiger partial charge in [0.2, 0.25) is 5.91 Å². The van der Waals surface area contributed by atoms with E-state index in [0.29, 0.717) is 25.7 Å². The van der Waals surface area contributed by atoms with Gasteiger partial charge in [0.1, 0.15) is 6.54 Å². The van der Waals surface area contributed by atoms with Crippen molar-refractivity contribution in [1.29, 1.82) is 0 Å². The number of urea groups is 1. The molecule has 1 aromatic heterocycles. The number of unbranched alkanes of at least 4 members (excludes halogenated alkanes) is 1. The third-order valence-electron chi connectivity index (χ3n) is 4.41. The van der Waals surface area contributed by atoms with Crippen LogP contribution in [-0.2, 0) is 18.4 Å².